The van der Waals surface area contributed by atoms with Crippen molar-refractivity contribution in [3.8, 4) is 0 Å². The Bertz CT molecular complexity index is 381. The number of nitrogens with two attached hydrogens (primary N) is 1. The third-order valence-corrected chi connectivity index (χ3v) is 4.30. The van der Waals surface area contributed by atoms with Crippen molar-refractivity contribution in [3.05, 3.63) is 33.4 Å². The van der Waals surface area contributed by atoms with Crippen LogP contribution < -0.4 is 5.73 Å². The fourth-order valence-electron chi connectivity index (χ4n) is 2.65. The summed E-state index contributed by atoms with van der Waals surface area (Å²) in [7, 11) is 0. The molecule has 18 heavy (non-hydrogen) atoms. The highest BCUT2D eigenvalue weighted by molar-refractivity contribution is 5.85. The minimum atomic E-state index is 0. The number of benzene rings is 1. The van der Waals surface area contributed by atoms with Gasteiger partial charge >= 0.3 is 0 Å². The van der Waals surface area contributed by atoms with Gasteiger partial charge in [-0.05, 0) is 74.4 Å². The van der Waals surface area contributed by atoms with Gasteiger partial charge in [-0.25, -0.2) is 0 Å². The first kappa shape index (κ1) is 17.5. The van der Waals surface area contributed by atoms with E-state index in [9.17, 15) is 0 Å². The summed E-state index contributed by atoms with van der Waals surface area (Å²) in [5, 5.41) is 0. The van der Waals surface area contributed by atoms with E-state index in [1.807, 2.05) is 0 Å². The smallest absolute Gasteiger partial charge is 0.0300 e. The molecule has 2 N–H and O–H groups in total. The second kappa shape index (κ2) is 7.16. The van der Waals surface area contributed by atoms with Crippen molar-refractivity contribution in [3.63, 3.8) is 0 Å². The molecular formula is C16H28ClN. The zero-order valence-electron chi connectivity index (χ0n) is 12.7. The summed E-state index contributed by atoms with van der Waals surface area (Å²) in [6, 6.07) is 0.202. The second-order valence-electron chi connectivity index (χ2n) is 5.29. The fraction of sp³-hybridized carbons (Fsp3) is 0.625. The van der Waals surface area contributed by atoms with Crippen LogP contribution in [0.3, 0.4) is 0 Å². The number of unbranched alkanes of at least 4 members (excludes halogenated alkanes) is 1. The highest BCUT2D eigenvalue weighted by atomic mass is 35.5. The van der Waals surface area contributed by atoms with Crippen molar-refractivity contribution < 1.29 is 0 Å². The van der Waals surface area contributed by atoms with Gasteiger partial charge < -0.3 is 5.73 Å². The zero-order valence-corrected chi connectivity index (χ0v) is 13.5. The molecule has 2 heteroatoms. The highest BCUT2D eigenvalue weighted by Gasteiger charge is 2.16. The van der Waals surface area contributed by atoms with Crippen LogP contribution in [-0.2, 0) is 0 Å². The van der Waals surface area contributed by atoms with Crippen molar-refractivity contribution in [2.75, 3.05) is 0 Å². The minimum absolute atomic E-state index is 0. The standard InChI is InChI=1S/C16H27N.ClH/c1-7-8-9-15(17)16-13(5)11(3)10(2)12(4)14(16)6;/h15H,7-9,17H2,1-6H3;1H/t15-;/m1./s1. The van der Waals surface area contributed by atoms with Crippen LogP contribution in [-0.4, -0.2) is 0 Å². The maximum absolute atomic E-state index is 6.37. The Kier molecular flexibility index (Phi) is 6.94. The van der Waals surface area contributed by atoms with Crippen molar-refractivity contribution >= 4 is 12.4 Å². The van der Waals surface area contributed by atoms with E-state index in [0.29, 0.717) is 0 Å². The molecule has 0 unspecified atom stereocenters. The maximum atomic E-state index is 6.37. The van der Waals surface area contributed by atoms with Crippen LogP contribution in [0.15, 0.2) is 0 Å². The van der Waals surface area contributed by atoms with Gasteiger partial charge in [0.2, 0.25) is 0 Å². The Labute approximate surface area is 119 Å². The van der Waals surface area contributed by atoms with Crippen LogP contribution in [0.5, 0.6) is 0 Å². The lowest BCUT2D eigenvalue weighted by molar-refractivity contribution is 0.597. The Balaban J connectivity index is 0.00000289. The van der Waals surface area contributed by atoms with Crippen molar-refractivity contribution in [2.45, 2.75) is 66.8 Å². The van der Waals surface area contributed by atoms with Gasteiger partial charge in [0, 0.05) is 6.04 Å². The van der Waals surface area contributed by atoms with Crippen LogP contribution in [0.25, 0.3) is 0 Å². The number of hydrogen-bond donors (Lipinski definition) is 1. The Morgan fingerprint density at radius 2 is 1.22 bits per heavy atom. The quantitative estimate of drug-likeness (QED) is 0.832. The van der Waals surface area contributed by atoms with Crippen molar-refractivity contribution in [1.29, 1.82) is 0 Å². The van der Waals surface area contributed by atoms with Gasteiger partial charge in [-0.1, -0.05) is 19.8 Å². The van der Waals surface area contributed by atoms with Gasteiger partial charge in [-0.3, -0.25) is 0 Å². The van der Waals surface area contributed by atoms with Gasteiger partial charge in [-0.15, -0.1) is 12.4 Å². The topological polar surface area (TPSA) is 26.0 Å². The molecule has 1 aromatic rings. The monoisotopic (exact) mass is 269 g/mol. The van der Waals surface area contributed by atoms with Gasteiger partial charge in [0.25, 0.3) is 0 Å². The Morgan fingerprint density at radius 1 is 0.833 bits per heavy atom. The zero-order chi connectivity index (χ0) is 13.2. The average molecular weight is 270 g/mol. The Morgan fingerprint density at radius 3 is 1.61 bits per heavy atom. The Hall–Kier alpha value is -0.530. The molecule has 0 fully saturated rings. The predicted octanol–water partition coefficient (Wildman–Crippen LogP) is 4.84. The van der Waals surface area contributed by atoms with Gasteiger partial charge in [0.15, 0.2) is 0 Å². The van der Waals surface area contributed by atoms with Crippen LogP contribution in [0.1, 0.15) is 65.6 Å². The summed E-state index contributed by atoms with van der Waals surface area (Å²) in [6.07, 6.45) is 3.53. The molecule has 0 aliphatic heterocycles. The third kappa shape index (κ3) is 3.27. The normalized spacial score (nSPS) is 12.2. The van der Waals surface area contributed by atoms with Crippen molar-refractivity contribution in [1.82, 2.24) is 0 Å². The maximum Gasteiger partial charge on any atom is 0.0300 e. The van der Waals surface area contributed by atoms with E-state index in [-0.39, 0.29) is 18.4 Å². The molecule has 0 radical (unpaired) electrons. The van der Waals surface area contributed by atoms with Crippen LogP contribution in [0, 0.1) is 34.6 Å². The van der Waals surface area contributed by atoms with Crippen LogP contribution >= 0.6 is 12.4 Å². The molecule has 0 aromatic heterocycles. The molecule has 1 nitrogen and oxygen atoms in total. The van der Waals surface area contributed by atoms with E-state index < -0.39 is 0 Å². The van der Waals surface area contributed by atoms with E-state index >= 15 is 0 Å². The summed E-state index contributed by atoms with van der Waals surface area (Å²) >= 11 is 0. The number of hydrogen-bond acceptors (Lipinski definition) is 1. The molecule has 0 heterocycles. The molecule has 1 aromatic carbocycles. The molecule has 0 bridgehead atoms. The van der Waals surface area contributed by atoms with E-state index in [1.165, 1.54) is 46.2 Å². The molecule has 0 aliphatic rings. The predicted molar refractivity (Wildman–Crippen MR) is 83.8 cm³/mol. The molecule has 0 aliphatic carbocycles. The molecule has 0 amide bonds. The molecule has 0 spiro atoms. The molecule has 0 saturated carbocycles. The third-order valence-electron chi connectivity index (χ3n) is 4.30. The van der Waals surface area contributed by atoms with Gasteiger partial charge in [0.1, 0.15) is 0 Å². The summed E-state index contributed by atoms with van der Waals surface area (Å²) in [5.74, 6) is 0. The first-order chi connectivity index (χ1) is 7.91. The largest absolute Gasteiger partial charge is 0.324 e. The SMILES string of the molecule is CCCC[C@@H](N)c1c(C)c(C)c(C)c(C)c1C.Cl. The molecule has 104 valence electrons. The van der Waals surface area contributed by atoms with E-state index in [0.717, 1.165) is 6.42 Å². The lowest BCUT2D eigenvalue weighted by Crippen LogP contribution is -2.15. The van der Waals surface area contributed by atoms with Crippen LogP contribution in [0.4, 0.5) is 0 Å². The summed E-state index contributed by atoms with van der Waals surface area (Å²) in [6.45, 7) is 13.3. The summed E-state index contributed by atoms with van der Waals surface area (Å²) < 4.78 is 0. The van der Waals surface area contributed by atoms with E-state index in [2.05, 4.69) is 41.5 Å². The first-order valence-electron chi connectivity index (χ1n) is 6.74. The molecule has 0 saturated heterocycles. The summed E-state index contributed by atoms with van der Waals surface area (Å²) in [4.78, 5) is 0. The lowest BCUT2D eigenvalue weighted by Gasteiger charge is -2.23. The van der Waals surface area contributed by atoms with Gasteiger partial charge in [0.05, 0.1) is 0 Å². The minimum Gasteiger partial charge on any atom is -0.324 e. The van der Waals surface area contributed by atoms with E-state index in [1.54, 1.807) is 0 Å². The fourth-order valence-corrected chi connectivity index (χ4v) is 2.65. The second-order valence-corrected chi connectivity index (χ2v) is 5.29. The van der Waals surface area contributed by atoms with Crippen molar-refractivity contribution in [2.24, 2.45) is 5.73 Å². The average Bonchev–Trinajstić information content (AvgIpc) is 2.31. The lowest BCUT2D eigenvalue weighted by atomic mass is 9.85. The molecule has 1 atom stereocenters. The first-order valence-corrected chi connectivity index (χ1v) is 6.74. The van der Waals surface area contributed by atoms with Crippen LogP contribution in [0.2, 0.25) is 0 Å². The number of rotatable bonds is 4. The molecule has 1 rings (SSSR count). The van der Waals surface area contributed by atoms with Gasteiger partial charge in [-0.2, -0.15) is 0 Å². The molecular weight excluding hydrogens is 242 g/mol. The summed E-state index contributed by atoms with van der Waals surface area (Å²) in [5.41, 5.74) is 14.8. The number of halogens is 1. The van der Waals surface area contributed by atoms with E-state index in [4.69, 9.17) is 5.73 Å². The highest BCUT2D eigenvalue weighted by Crippen LogP contribution is 2.31.